The van der Waals surface area contributed by atoms with Crippen molar-refractivity contribution in [1.29, 1.82) is 0 Å². The maximum atomic E-state index is 13.0. The molecule has 1 N–H and O–H groups in total. The fourth-order valence-electron chi connectivity index (χ4n) is 3.88. The highest BCUT2D eigenvalue weighted by atomic mass is 16.5. The van der Waals surface area contributed by atoms with Crippen molar-refractivity contribution in [3.05, 3.63) is 59.4 Å². The van der Waals surface area contributed by atoms with E-state index >= 15 is 0 Å². The van der Waals surface area contributed by atoms with Gasteiger partial charge in [0.15, 0.2) is 0 Å². The number of aryl methyl sites for hydroxylation is 1. The molecule has 0 bridgehead atoms. The maximum Gasteiger partial charge on any atom is 0.242 e. The number of benzene rings is 1. The van der Waals surface area contributed by atoms with Crippen molar-refractivity contribution >= 4 is 5.91 Å². The minimum Gasteiger partial charge on any atom is -0.493 e. The summed E-state index contributed by atoms with van der Waals surface area (Å²) in [5.74, 6) is 1.03. The van der Waals surface area contributed by atoms with Gasteiger partial charge in [0.2, 0.25) is 5.91 Å². The number of hydrogen-bond acceptors (Lipinski definition) is 4. The minimum absolute atomic E-state index is 0.0499. The van der Waals surface area contributed by atoms with Gasteiger partial charge in [0, 0.05) is 18.9 Å². The lowest BCUT2D eigenvalue weighted by molar-refractivity contribution is -0.126. The summed E-state index contributed by atoms with van der Waals surface area (Å²) in [4.78, 5) is 19.4. The molecule has 0 spiro atoms. The number of nitrogens with one attached hydrogen (secondary N) is 1. The molecule has 3 heterocycles. The topological polar surface area (TPSA) is 54.5 Å². The number of aromatic nitrogens is 1. The number of likely N-dealkylation sites (tertiary alicyclic amines) is 1. The lowest BCUT2D eigenvalue weighted by Crippen LogP contribution is -2.39. The van der Waals surface area contributed by atoms with Crippen LogP contribution in [0.25, 0.3) is 0 Å². The van der Waals surface area contributed by atoms with E-state index in [9.17, 15) is 4.79 Å². The average Bonchev–Trinajstić information content (AvgIpc) is 3.21. The van der Waals surface area contributed by atoms with Gasteiger partial charge < -0.3 is 10.1 Å². The highest BCUT2D eigenvalue weighted by molar-refractivity contribution is 5.83. The Bertz CT molecular complexity index is 757. The number of amides is 1. The van der Waals surface area contributed by atoms with E-state index in [-0.39, 0.29) is 11.9 Å². The zero-order chi connectivity index (χ0) is 17.8. The van der Waals surface area contributed by atoms with E-state index in [1.165, 1.54) is 5.56 Å². The first-order chi connectivity index (χ1) is 12.8. The summed E-state index contributed by atoms with van der Waals surface area (Å²) in [5.41, 5.74) is 3.33. The largest absolute Gasteiger partial charge is 0.493 e. The summed E-state index contributed by atoms with van der Waals surface area (Å²) in [6, 6.07) is 9.85. The Morgan fingerprint density at radius 1 is 1.23 bits per heavy atom. The summed E-state index contributed by atoms with van der Waals surface area (Å²) >= 11 is 0. The molecule has 5 heteroatoms. The first kappa shape index (κ1) is 17.0. The number of rotatable bonds is 5. The van der Waals surface area contributed by atoms with Crippen LogP contribution in [0.15, 0.2) is 42.7 Å². The zero-order valence-corrected chi connectivity index (χ0v) is 15.0. The van der Waals surface area contributed by atoms with Gasteiger partial charge in [-0.15, -0.1) is 0 Å². The van der Waals surface area contributed by atoms with Gasteiger partial charge in [0.25, 0.3) is 0 Å². The van der Waals surface area contributed by atoms with Crippen molar-refractivity contribution in [1.82, 2.24) is 15.2 Å². The van der Waals surface area contributed by atoms with Crippen molar-refractivity contribution in [2.45, 2.75) is 38.3 Å². The first-order valence-corrected chi connectivity index (χ1v) is 9.47. The quantitative estimate of drug-likeness (QED) is 0.900. The number of carbonyl (C=O) groups excluding carboxylic acids is 1. The fourth-order valence-corrected chi connectivity index (χ4v) is 3.88. The van der Waals surface area contributed by atoms with Crippen molar-refractivity contribution < 1.29 is 9.53 Å². The lowest BCUT2D eigenvalue weighted by Gasteiger charge is -2.26. The van der Waals surface area contributed by atoms with Gasteiger partial charge in [-0.25, -0.2) is 0 Å². The van der Waals surface area contributed by atoms with Crippen LogP contribution in [0.1, 0.15) is 42.0 Å². The number of pyridine rings is 1. The molecule has 5 nitrogen and oxygen atoms in total. The van der Waals surface area contributed by atoms with Crippen LogP contribution in [0.5, 0.6) is 5.75 Å². The SMILES string of the molecule is O=C(NCc1ccc2c(c1)CCCO2)[C@@H](c1cccnc1)N1CCCC1. The molecule has 0 aliphatic carbocycles. The molecule has 1 atom stereocenters. The Kier molecular flexibility index (Phi) is 5.16. The van der Waals surface area contributed by atoms with E-state index in [2.05, 4.69) is 21.3 Å². The first-order valence-electron chi connectivity index (χ1n) is 9.47. The molecular formula is C21H25N3O2. The van der Waals surface area contributed by atoms with E-state index in [0.29, 0.717) is 6.54 Å². The Labute approximate surface area is 154 Å². The monoisotopic (exact) mass is 351 g/mol. The standard InChI is InChI=1S/C21H25N3O2/c25-21(20(24-10-1-2-11-24)18-5-3-9-22-15-18)23-14-16-7-8-19-17(13-16)6-4-12-26-19/h3,5,7-9,13,15,20H,1-2,4,6,10-12,14H2,(H,23,25)/t20-/m1/s1. The molecule has 1 aromatic heterocycles. The van der Waals surface area contributed by atoms with Gasteiger partial charge in [-0.05, 0) is 67.6 Å². The molecule has 136 valence electrons. The molecule has 26 heavy (non-hydrogen) atoms. The molecule has 0 saturated carbocycles. The fraction of sp³-hybridized carbons (Fsp3) is 0.429. The predicted molar refractivity (Wildman–Crippen MR) is 99.9 cm³/mol. The normalized spacial score (nSPS) is 18.0. The van der Waals surface area contributed by atoms with Crippen LogP contribution >= 0.6 is 0 Å². The van der Waals surface area contributed by atoms with E-state index < -0.39 is 0 Å². The summed E-state index contributed by atoms with van der Waals surface area (Å²) in [6.45, 7) is 3.26. The van der Waals surface area contributed by atoms with Crippen molar-refractivity contribution in [2.24, 2.45) is 0 Å². The third-order valence-corrected chi connectivity index (χ3v) is 5.19. The van der Waals surface area contributed by atoms with Crippen molar-refractivity contribution in [3.63, 3.8) is 0 Å². The molecule has 1 aromatic carbocycles. The molecule has 2 aliphatic heterocycles. The molecule has 4 rings (SSSR count). The number of ether oxygens (including phenoxy) is 1. The van der Waals surface area contributed by atoms with Crippen LogP contribution in [-0.4, -0.2) is 35.5 Å². The molecule has 1 saturated heterocycles. The lowest BCUT2D eigenvalue weighted by atomic mass is 10.0. The Balaban J connectivity index is 1.46. The van der Waals surface area contributed by atoms with Crippen molar-refractivity contribution in [3.8, 4) is 5.75 Å². The zero-order valence-electron chi connectivity index (χ0n) is 15.0. The second-order valence-corrected chi connectivity index (χ2v) is 7.04. The smallest absolute Gasteiger partial charge is 0.242 e. The molecule has 0 unspecified atom stereocenters. The predicted octanol–water partition coefficient (Wildman–Crippen LogP) is 2.86. The number of carbonyl (C=O) groups is 1. The highest BCUT2D eigenvalue weighted by Gasteiger charge is 2.29. The van der Waals surface area contributed by atoms with E-state index in [0.717, 1.165) is 62.3 Å². The third kappa shape index (κ3) is 3.73. The minimum atomic E-state index is -0.257. The summed E-state index contributed by atoms with van der Waals surface area (Å²) in [7, 11) is 0. The van der Waals surface area contributed by atoms with Crippen LogP contribution in [0.2, 0.25) is 0 Å². The van der Waals surface area contributed by atoms with Gasteiger partial charge in [0.1, 0.15) is 11.8 Å². The van der Waals surface area contributed by atoms with Crippen molar-refractivity contribution in [2.75, 3.05) is 19.7 Å². The summed E-state index contributed by atoms with van der Waals surface area (Å²) in [5, 5.41) is 3.13. The number of hydrogen-bond donors (Lipinski definition) is 1. The Hall–Kier alpha value is -2.40. The van der Waals surface area contributed by atoms with Crippen LogP contribution in [0.4, 0.5) is 0 Å². The molecule has 2 aromatic rings. The molecular weight excluding hydrogens is 326 g/mol. The molecule has 0 radical (unpaired) electrons. The Morgan fingerprint density at radius 2 is 2.12 bits per heavy atom. The number of nitrogens with zero attached hydrogens (tertiary/aromatic N) is 2. The molecule has 1 amide bonds. The second-order valence-electron chi connectivity index (χ2n) is 7.04. The van der Waals surface area contributed by atoms with E-state index in [1.807, 2.05) is 24.3 Å². The molecule has 1 fully saturated rings. The second kappa shape index (κ2) is 7.87. The Morgan fingerprint density at radius 3 is 2.92 bits per heavy atom. The average molecular weight is 351 g/mol. The van der Waals surface area contributed by atoms with Gasteiger partial charge in [-0.1, -0.05) is 18.2 Å². The van der Waals surface area contributed by atoms with E-state index in [4.69, 9.17) is 4.74 Å². The van der Waals surface area contributed by atoms with Crippen LogP contribution in [-0.2, 0) is 17.8 Å². The van der Waals surface area contributed by atoms with Gasteiger partial charge in [-0.2, -0.15) is 0 Å². The van der Waals surface area contributed by atoms with Gasteiger partial charge in [0.05, 0.1) is 6.61 Å². The molecule has 2 aliphatic rings. The van der Waals surface area contributed by atoms with Gasteiger partial charge in [-0.3, -0.25) is 14.7 Å². The van der Waals surface area contributed by atoms with Crippen LogP contribution in [0.3, 0.4) is 0 Å². The van der Waals surface area contributed by atoms with E-state index in [1.54, 1.807) is 12.4 Å². The van der Waals surface area contributed by atoms with Crippen LogP contribution < -0.4 is 10.1 Å². The number of fused-ring (bicyclic) bond motifs is 1. The van der Waals surface area contributed by atoms with Gasteiger partial charge >= 0.3 is 0 Å². The third-order valence-electron chi connectivity index (χ3n) is 5.19. The summed E-state index contributed by atoms with van der Waals surface area (Å²) in [6.07, 6.45) is 7.95. The highest BCUT2D eigenvalue weighted by Crippen LogP contribution is 2.27. The maximum absolute atomic E-state index is 13.0. The van der Waals surface area contributed by atoms with Crippen LogP contribution in [0, 0.1) is 0 Å². The summed E-state index contributed by atoms with van der Waals surface area (Å²) < 4.78 is 5.67.